The third kappa shape index (κ3) is 3.09. The molecule has 0 amide bonds. The maximum atomic E-state index is 5.64. The second-order valence-corrected chi connectivity index (χ2v) is 2.91. The molecule has 11 heavy (non-hydrogen) atoms. The number of hydrogen-bond acceptors (Lipinski definition) is 4. The van der Waals surface area contributed by atoms with Crippen LogP contribution in [0.1, 0.15) is 0 Å². The van der Waals surface area contributed by atoms with E-state index in [9.17, 15) is 0 Å². The van der Waals surface area contributed by atoms with Crippen molar-refractivity contribution in [3.8, 4) is 0 Å². The maximum Gasteiger partial charge on any atom is 0.0702 e. The van der Waals surface area contributed by atoms with Crippen molar-refractivity contribution in [1.82, 2.24) is 0 Å². The van der Waals surface area contributed by atoms with Crippen molar-refractivity contribution in [2.24, 2.45) is 5.90 Å². The van der Waals surface area contributed by atoms with Crippen LogP contribution in [0, 0.1) is 0 Å². The highest BCUT2D eigenvalue weighted by Crippen LogP contribution is 2.20. The minimum Gasteiger partial charge on any atom is -0.182 e. The lowest BCUT2D eigenvalue weighted by Gasteiger charge is -1.96. The summed E-state index contributed by atoms with van der Waals surface area (Å²) in [5, 5.41) is 0.683. The molecule has 0 aliphatic rings. The molecule has 0 saturated heterocycles. The van der Waals surface area contributed by atoms with Gasteiger partial charge in [0.25, 0.3) is 0 Å². The number of benzene rings is 1. The van der Waals surface area contributed by atoms with Crippen molar-refractivity contribution in [2.45, 2.75) is 4.90 Å². The number of halogens is 1. The van der Waals surface area contributed by atoms with Crippen LogP contribution in [0.3, 0.4) is 0 Å². The van der Waals surface area contributed by atoms with E-state index >= 15 is 0 Å². The Morgan fingerprint density at radius 2 is 1.91 bits per heavy atom. The van der Waals surface area contributed by atoms with Gasteiger partial charge in [-0.25, -0.2) is 0 Å². The molecule has 0 spiro atoms. The Balaban J connectivity index is 2.52. The molecule has 60 valence electrons. The molecule has 2 N–H and O–H groups in total. The van der Waals surface area contributed by atoms with Crippen LogP contribution in [0.2, 0.25) is 5.02 Å². The second kappa shape index (κ2) is 4.58. The molecule has 0 radical (unpaired) electrons. The Hall–Kier alpha value is -0.260. The fourth-order valence-corrected chi connectivity index (χ4v) is 1.04. The standard InChI is InChI=1S/C6H6ClNO2S/c7-5-1-3-6(4-2-5)11-10-9-8/h1-4H,8H2. The molecule has 0 fully saturated rings. The van der Waals surface area contributed by atoms with E-state index in [0.717, 1.165) is 16.9 Å². The normalized spacial score (nSPS) is 10.0. The van der Waals surface area contributed by atoms with Gasteiger partial charge in [0.2, 0.25) is 0 Å². The van der Waals surface area contributed by atoms with Gasteiger partial charge in [-0.2, -0.15) is 5.90 Å². The predicted octanol–water partition coefficient (Wildman–Crippen LogP) is 2.17. The van der Waals surface area contributed by atoms with Gasteiger partial charge in [-0.05, 0) is 24.3 Å². The summed E-state index contributed by atoms with van der Waals surface area (Å²) in [5.74, 6) is 4.64. The first-order chi connectivity index (χ1) is 5.33. The molecule has 3 nitrogen and oxygen atoms in total. The Labute approximate surface area is 73.5 Å². The molecule has 1 rings (SSSR count). The Morgan fingerprint density at radius 1 is 1.27 bits per heavy atom. The number of hydrogen-bond donors (Lipinski definition) is 1. The van der Waals surface area contributed by atoms with Gasteiger partial charge in [0.05, 0.1) is 12.0 Å². The predicted molar refractivity (Wildman–Crippen MR) is 43.7 cm³/mol. The topological polar surface area (TPSA) is 44.5 Å². The summed E-state index contributed by atoms with van der Waals surface area (Å²) in [4.78, 5) is 4.78. The highest BCUT2D eigenvalue weighted by atomic mass is 35.5. The van der Waals surface area contributed by atoms with Crippen LogP contribution in [-0.2, 0) is 9.32 Å². The summed E-state index contributed by atoms with van der Waals surface area (Å²) >= 11 is 6.66. The summed E-state index contributed by atoms with van der Waals surface area (Å²) in [5.41, 5.74) is 0. The third-order valence-corrected chi connectivity index (χ3v) is 1.85. The SMILES string of the molecule is NOOSc1ccc(Cl)cc1. The average molecular weight is 192 g/mol. The second-order valence-electron chi connectivity index (χ2n) is 1.70. The molecule has 0 saturated carbocycles. The van der Waals surface area contributed by atoms with Gasteiger partial charge < -0.3 is 0 Å². The monoisotopic (exact) mass is 191 g/mol. The van der Waals surface area contributed by atoms with E-state index in [1.165, 1.54) is 0 Å². The van der Waals surface area contributed by atoms with E-state index < -0.39 is 0 Å². The smallest absolute Gasteiger partial charge is 0.0702 e. The first-order valence-electron chi connectivity index (χ1n) is 2.78. The van der Waals surface area contributed by atoms with Crippen molar-refractivity contribution in [2.75, 3.05) is 0 Å². The zero-order valence-electron chi connectivity index (χ0n) is 5.49. The molecule has 0 aromatic heterocycles. The fourth-order valence-electron chi connectivity index (χ4n) is 0.549. The quantitative estimate of drug-likeness (QED) is 0.452. The Morgan fingerprint density at radius 3 is 2.45 bits per heavy atom. The number of rotatable bonds is 3. The average Bonchev–Trinajstić information content (AvgIpc) is 2.04. The van der Waals surface area contributed by atoms with Gasteiger partial charge in [-0.15, -0.1) is 9.32 Å². The van der Waals surface area contributed by atoms with Crippen LogP contribution in [0.5, 0.6) is 0 Å². The van der Waals surface area contributed by atoms with Crippen LogP contribution in [0.4, 0.5) is 0 Å². The molecule has 0 atom stereocenters. The molecular formula is C6H6ClNO2S. The molecule has 0 unspecified atom stereocenters. The Bertz CT molecular complexity index is 216. The van der Waals surface area contributed by atoms with Crippen molar-refractivity contribution >= 4 is 23.6 Å². The number of nitrogens with two attached hydrogens (primary N) is 1. The molecule has 0 bridgehead atoms. The fraction of sp³-hybridized carbons (Fsp3) is 0. The van der Waals surface area contributed by atoms with Crippen LogP contribution in [0.25, 0.3) is 0 Å². The minimum atomic E-state index is 0.683. The summed E-state index contributed by atoms with van der Waals surface area (Å²) in [6.45, 7) is 0. The molecule has 0 aliphatic carbocycles. The first-order valence-corrected chi connectivity index (χ1v) is 3.90. The molecule has 5 heteroatoms. The summed E-state index contributed by atoms with van der Waals surface area (Å²) in [6, 6.07) is 7.10. The van der Waals surface area contributed by atoms with Gasteiger partial charge in [-0.1, -0.05) is 11.6 Å². The van der Waals surface area contributed by atoms with E-state index in [2.05, 4.69) is 15.2 Å². The van der Waals surface area contributed by atoms with Gasteiger partial charge >= 0.3 is 0 Å². The molecular weight excluding hydrogens is 186 g/mol. The molecule has 0 heterocycles. The maximum absolute atomic E-state index is 5.64. The lowest BCUT2D eigenvalue weighted by Crippen LogP contribution is -1.93. The van der Waals surface area contributed by atoms with Crippen LogP contribution >= 0.6 is 23.6 Å². The largest absolute Gasteiger partial charge is 0.182 e. The lowest BCUT2D eigenvalue weighted by molar-refractivity contribution is -0.195. The van der Waals surface area contributed by atoms with Crippen molar-refractivity contribution in [1.29, 1.82) is 0 Å². The highest BCUT2D eigenvalue weighted by Gasteiger charge is 1.93. The van der Waals surface area contributed by atoms with Crippen molar-refractivity contribution in [3.63, 3.8) is 0 Å². The zero-order valence-corrected chi connectivity index (χ0v) is 7.06. The van der Waals surface area contributed by atoms with E-state index in [-0.39, 0.29) is 0 Å². The van der Waals surface area contributed by atoms with E-state index in [4.69, 9.17) is 11.6 Å². The summed E-state index contributed by atoms with van der Waals surface area (Å²) < 4.78 is 4.41. The minimum absolute atomic E-state index is 0.683. The van der Waals surface area contributed by atoms with Gasteiger partial charge in [-0.3, -0.25) is 0 Å². The van der Waals surface area contributed by atoms with E-state index in [1.807, 2.05) is 0 Å². The van der Waals surface area contributed by atoms with Crippen molar-refractivity contribution < 1.29 is 9.32 Å². The Kier molecular flexibility index (Phi) is 3.68. The van der Waals surface area contributed by atoms with Crippen LogP contribution in [-0.4, -0.2) is 0 Å². The molecule has 1 aromatic carbocycles. The highest BCUT2D eigenvalue weighted by molar-refractivity contribution is 7.94. The zero-order chi connectivity index (χ0) is 8.10. The van der Waals surface area contributed by atoms with Gasteiger partial charge in [0.1, 0.15) is 0 Å². The van der Waals surface area contributed by atoms with Crippen molar-refractivity contribution in [3.05, 3.63) is 29.3 Å². The van der Waals surface area contributed by atoms with E-state index in [0.29, 0.717) is 5.02 Å². The molecule has 1 aromatic rings. The van der Waals surface area contributed by atoms with Crippen LogP contribution < -0.4 is 5.90 Å². The lowest BCUT2D eigenvalue weighted by atomic mass is 10.4. The summed E-state index contributed by atoms with van der Waals surface area (Å²) in [6.07, 6.45) is 0. The molecule has 0 aliphatic heterocycles. The van der Waals surface area contributed by atoms with Gasteiger partial charge in [0, 0.05) is 9.92 Å². The first kappa shape index (κ1) is 8.83. The van der Waals surface area contributed by atoms with E-state index in [1.54, 1.807) is 24.3 Å². The summed E-state index contributed by atoms with van der Waals surface area (Å²) in [7, 11) is 0. The third-order valence-electron chi connectivity index (χ3n) is 0.983. The van der Waals surface area contributed by atoms with Crippen LogP contribution in [0.15, 0.2) is 29.2 Å². The van der Waals surface area contributed by atoms with Gasteiger partial charge in [0.15, 0.2) is 0 Å².